The quantitative estimate of drug-likeness (QED) is 0.211. The van der Waals surface area contributed by atoms with E-state index >= 15 is 0 Å². The number of piperidine rings is 1. The molecule has 1 unspecified atom stereocenters. The van der Waals surface area contributed by atoms with Gasteiger partial charge in [-0.25, -0.2) is 8.42 Å². The van der Waals surface area contributed by atoms with E-state index in [1.807, 2.05) is 6.07 Å². The van der Waals surface area contributed by atoms with Gasteiger partial charge in [-0.05, 0) is 61.9 Å². The first kappa shape index (κ1) is 28.2. The Labute approximate surface area is 244 Å². The number of aromatic amines is 1. The lowest BCUT2D eigenvalue weighted by Crippen LogP contribution is -2.33. The zero-order chi connectivity index (χ0) is 29.4. The fourth-order valence-electron chi connectivity index (χ4n) is 5.60. The zero-order valence-corrected chi connectivity index (χ0v) is 25.0. The van der Waals surface area contributed by atoms with Crippen LogP contribution in [0.25, 0.3) is 11.0 Å². The van der Waals surface area contributed by atoms with Crippen molar-refractivity contribution >= 4 is 38.3 Å². The number of aromatic nitrogens is 3. The van der Waals surface area contributed by atoms with Gasteiger partial charge in [0.05, 0.1) is 32.4 Å². The lowest BCUT2D eigenvalue weighted by Gasteiger charge is -2.31. The second-order valence-corrected chi connectivity index (χ2v) is 12.7. The van der Waals surface area contributed by atoms with E-state index < -0.39 is 10.0 Å². The van der Waals surface area contributed by atoms with Crippen molar-refractivity contribution in [1.82, 2.24) is 20.3 Å². The summed E-state index contributed by atoms with van der Waals surface area (Å²) in [5, 5.41) is 15.1. The van der Waals surface area contributed by atoms with Crippen molar-refractivity contribution in [2.75, 3.05) is 44.5 Å². The van der Waals surface area contributed by atoms with Gasteiger partial charge in [-0.15, -0.1) is 0 Å². The standard InChI is InChI=1S/C29H36N6O6S/c1-17-6-5-9-35(15-17)16-18-10-25(39-3)28(26(11-18)40-4)42(36,37)34-29-20-12-24(38-2)22(13-23(20)41-33-29)30-27-14-21(31-32-27)19-7-8-19/h10-14,17,19H,5-9,15-16H2,1-4H3,(H,33,34)(H2,30,31,32). The van der Waals surface area contributed by atoms with Gasteiger partial charge >= 0.3 is 0 Å². The van der Waals surface area contributed by atoms with Gasteiger partial charge in [0.2, 0.25) is 0 Å². The Balaban J connectivity index is 1.28. The number of benzene rings is 2. The maximum atomic E-state index is 13.8. The van der Waals surface area contributed by atoms with E-state index in [2.05, 4.69) is 37.2 Å². The molecule has 3 N–H and O–H groups in total. The van der Waals surface area contributed by atoms with Crippen LogP contribution in [-0.4, -0.2) is 63.1 Å². The molecule has 2 fully saturated rings. The Morgan fingerprint density at radius 3 is 2.43 bits per heavy atom. The van der Waals surface area contributed by atoms with Gasteiger partial charge in [0.1, 0.15) is 17.2 Å². The monoisotopic (exact) mass is 596 g/mol. The van der Waals surface area contributed by atoms with E-state index in [1.54, 1.807) is 24.3 Å². The molecule has 4 aromatic rings. The highest BCUT2D eigenvalue weighted by Crippen LogP contribution is 2.41. The highest BCUT2D eigenvalue weighted by atomic mass is 32.2. The summed E-state index contributed by atoms with van der Waals surface area (Å²) in [6, 6.07) is 8.84. The summed E-state index contributed by atoms with van der Waals surface area (Å²) >= 11 is 0. The molecular formula is C29H36N6O6S. The number of anilines is 3. The molecule has 42 heavy (non-hydrogen) atoms. The van der Waals surface area contributed by atoms with Gasteiger partial charge in [-0.3, -0.25) is 14.7 Å². The molecule has 2 aromatic carbocycles. The molecule has 224 valence electrons. The molecule has 13 heteroatoms. The van der Waals surface area contributed by atoms with E-state index in [4.69, 9.17) is 18.7 Å². The fourth-order valence-corrected chi connectivity index (χ4v) is 6.92. The molecule has 1 aliphatic heterocycles. The summed E-state index contributed by atoms with van der Waals surface area (Å²) in [4.78, 5) is 2.25. The highest BCUT2D eigenvalue weighted by molar-refractivity contribution is 7.93. The first-order valence-corrected chi connectivity index (χ1v) is 15.6. The fraction of sp³-hybridized carbons (Fsp3) is 0.448. The number of hydrogen-bond donors (Lipinski definition) is 3. The van der Waals surface area contributed by atoms with Crippen molar-refractivity contribution < 1.29 is 27.2 Å². The molecule has 2 aliphatic rings. The van der Waals surface area contributed by atoms with Crippen LogP contribution in [0.1, 0.15) is 49.8 Å². The Morgan fingerprint density at radius 1 is 1.02 bits per heavy atom. The average Bonchev–Trinajstić information content (AvgIpc) is 3.61. The minimum Gasteiger partial charge on any atom is -0.495 e. The number of ether oxygens (including phenoxy) is 3. The van der Waals surface area contributed by atoms with Gasteiger partial charge in [0.25, 0.3) is 10.0 Å². The minimum absolute atomic E-state index is 0.0149. The predicted molar refractivity (Wildman–Crippen MR) is 158 cm³/mol. The largest absolute Gasteiger partial charge is 0.495 e. The van der Waals surface area contributed by atoms with E-state index in [-0.39, 0.29) is 22.2 Å². The molecule has 1 aliphatic carbocycles. The summed E-state index contributed by atoms with van der Waals surface area (Å²) in [5.41, 5.74) is 2.97. The van der Waals surface area contributed by atoms with Gasteiger partial charge in [-0.2, -0.15) is 5.10 Å². The Hall–Kier alpha value is -3.97. The lowest BCUT2D eigenvalue weighted by molar-refractivity contribution is 0.176. The molecule has 0 spiro atoms. The number of fused-ring (bicyclic) bond motifs is 1. The van der Waals surface area contributed by atoms with Gasteiger partial charge in [0, 0.05) is 36.8 Å². The first-order chi connectivity index (χ1) is 20.3. The molecule has 2 aromatic heterocycles. The number of hydrogen-bond acceptors (Lipinski definition) is 10. The van der Waals surface area contributed by atoms with Crippen LogP contribution in [-0.2, 0) is 16.6 Å². The van der Waals surface area contributed by atoms with Crippen LogP contribution in [0.5, 0.6) is 17.2 Å². The normalized spacial score (nSPS) is 17.8. The molecule has 1 saturated carbocycles. The first-order valence-electron chi connectivity index (χ1n) is 14.1. The Kier molecular flexibility index (Phi) is 7.62. The molecule has 0 bridgehead atoms. The van der Waals surface area contributed by atoms with Crippen molar-refractivity contribution in [3.05, 3.63) is 41.6 Å². The predicted octanol–water partition coefficient (Wildman–Crippen LogP) is 5.23. The molecule has 1 atom stereocenters. The number of nitrogens with zero attached hydrogens (tertiary/aromatic N) is 3. The lowest BCUT2D eigenvalue weighted by atomic mass is 10.00. The maximum absolute atomic E-state index is 13.8. The summed E-state index contributed by atoms with van der Waals surface area (Å²) in [7, 11) is 0.216. The van der Waals surface area contributed by atoms with Crippen molar-refractivity contribution in [2.45, 2.75) is 50.0 Å². The molecule has 1 saturated heterocycles. The van der Waals surface area contributed by atoms with Crippen molar-refractivity contribution in [1.29, 1.82) is 0 Å². The van der Waals surface area contributed by atoms with Gasteiger partial charge < -0.3 is 24.1 Å². The zero-order valence-electron chi connectivity index (χ0n) is 24.2. The third-order valence-electron chi connectivity index (χ3n) is 7.84. The average molecular weight is 597 g/mol. The number of methoxy groups -OCH3 is 3. The highest BCUT2D eigenvalue weighted by Gasteiger charge is 2.29. The van der Waals surface area contributed by atoms with E-state index in [0.717, 1.165) is 43.6 Å². The molecular weight excluding hydrogens is 560 g/mol. The SMILES string of the molecule is COc1cc2c(NS(=O)(=O)c3c(OC)cc(CN4CCCC(C)C4)cc3OC)noc2cc1Nc1cc(C2CC2)[nH]n1. The minimum atomic E-state index is -4.20. The summed E-state index contributed by atoms with van der Waals surface area (Å²) in [5.74, 6) is 2.66. The van der Waals surface area contributed by atoms with Crippen LogP contribution in [0.4, 0.5) is 17.3 Å². The van der Waals surface area contributed by atoms with Crippen LogP contribution < -0.4 is 24.2 Å². The maximum Gasteiger partial charge on any atom is 0.270 e. The molecule has 0 radical (unpaired) electrons. The Bertz CT molecular complexity index is 1670. The summed E-state index contributed by atoms with van der Waals surface area (Å²) < 4.78 is 52.3. The second kappa shape index (κ2) is 11.4. The van der Waals surface area contributed by atoms with Gasteiger partial charge in [0.15, 0.2) is 22.1 Å². The number of likely N-dealkylation sites (tertiary alicyclic amines) is 1. The number of sulfonamides is 1. The van der Waals surface area contributed by atoms with Crippen molar-refractivity contribution in [3.63, 3.8) is 0 Å². The van der Waals surface area contributed by atoms with E-state index in [1.165, 1.54) is 27.8 Å². The van der Waals surface area contributed by atoms with Gasteiger partial charge in [-0.1, -0.05) is 12.1 Å². The van der Waals surface area contributed by atoms with Crippen LogP contribution in [0.2, 0.25) is 0 Å². The molecule has 0 amide bonds. The molecule has 12 nitrogen and oxygen atoms in total. The summed E-state index contributed by atoms with van der Waals surface area (Å²) in [6.07, 6.45) is 4.68. The molecule has 3 heterocycles. The third kappa shape index (κ3) is 5.71. The van der Waals surface area contributed by atoms with E-state index in [0.29, 0.717) is 46.6 Å². The second-order valence-electron chi connectivity index (χ2n) is 11.1. The third-order valence-corrected chi connectivity index (χ3v) is 9.24. The number of H-pyrrole nitrogens is 1. The van der Waals surface area contributed by atoms with Crippen LogP contribution in [0.15, 0.2) is 39.8 Å². The number of rotatable bonds is 11. The smallest absolute Gasteiger partial charge is 0.270 e. The van der Waals surface area contributed by atoms with Crippen LogP contribution in [0, 0.1) is 5.92 Å². The molecule has 6 rings (SSSR count). The Morgan fingerprint density at radius 2 is 1.76 bits per heavy atom. The van der Waals surface area contributed by atoms with Crippen molar-refractivity contribution in [2.24, 2.45) is 5.92 Å². The van der Waals surface area contributed by atoms with Crippen LogP contribution in [0.3, 0.4) is 0 Å². The van der Waals surface area contributed by atoms with Crippen molar-refractivity contribution in [3.8, 4) is 17.2 Å². The number of nitrogens with one attached hydrogen (secondary N) is 3. The summed E-state index contributed by atoms with van der Waals surface area (Å²) in [6.45, 7) is 4.92. The topological polar surface area (TPSA) is 144 Å². The van der Waals surface area contributed by atoms with Crippen LogP contribution >= 0.6 is 0 Å². The van der Waals surface area contributed by atoms with E-state index in [9.17, 15) is 8.42 Å².